The summed E-state index contributed by atoms with van der Waals surface area (Å²) in [7, 11) is 0. The van der Waals surface area contributed by atoms with Gasteiger partial charge < -0.3 is 10.6 Å². The van der Waals surface area contributed by atoms with Crippen molar-refractivity contribution < 1.29 is 9.59 Å². The molecule has 0 aliphatic heterocycles. The van der Waals surface area contributed by atoms with E-state index in [0.29, 0.717) is 28.7 Å². The molecule has 4 fully saturated rings. The molecule has 2 unspecified atom stereocenters. The lowest BCUT2D eigenvalue weighted by Gasteiger charge is -2.62. The Balaban J connectivity index is 1.38. The Bertz CT molecular complexity index is 1030. The van der Waals surface area contributed by atoms with Gasteiger partial charge in [-0.2, -0.15) is 5.26 Å². The average molecular weight is 400 g/mol. The van der Waals surface area contributed by atoms with Gasteiger partial charge in [0.1, 0.15) is 5.69 Å². The number of nitriles is 1. The maximum absolute atomic E-state index is 13.0. The first-order chi connectivity index (χ1) is 14.5. The van der Waals surface area contributed by atoms with E-state index in [4.69, 9.17) is 5.26 Å². The maximum Gasteiger partial charge on any atom is 0.270 e. The lowest BCUT2D eigenvalue weighted by molar-refractivity contribution is -0.0448. The summed E-state index contributed by atoms with van der Waals surface area (Å²) in [5, 5.41) is 15.7. The lowest BCUT2D eigenvalue weighted by Crippen LogP contribution is -2.69. The van der Waals surface area contributed by atoms with E-state index in [1.807, 2.05) is 6.07 Å². The van der Waals surface area contributed by atoms with E-state index in [2.05, 4.69) is 21.7 Å². The molecule has 6 rings (SSSR count). The average Bonchev–Trinajstić information content (AvgIpc) is 2.72. The molecule has 1 aromatic carbocycles. The van der Waals surface area contributed by atoms with Gasteiger partial charge in [0.2, 0.25) is 0 Å². The molecule has 2 amide bonds. The molecule has 30 heavy (non-hydrogen) atoms. The van der Waals surface area contributed by atoms with E-state index in [0.717, 1.165) is 32.1 Å². The van der Waals surface area contributed by atoms with Gasteiger partial charge in [0, 0.05) is 22.8 Å². The Hall–Kier alpha value is -3.20. The van der Waals surface area contributed by atoms with Crippen LogP contribution >= 0.6 is 0 Å². The number of carbonyl (C=O) groups excluding carboxylic acids is 2. The van der Waals surface area contributed by atoms with Crippen LogP contribution in [0.4, 0.5) is 0 Å². The number of pyridine rings is 1. The van der Waals surface area contributed by atoms with Crippen LogP contribution in [-0.4, -0.2) is 27.9 Å². The minimum absolute atomic E-state index is 0.138. The molecule has 4 aliphatic carbocycles. The first-order valence-corrected chi connectivity index (χ1v) is 10.5. The van der Waals surface area contributed by atoms with Crippen molar-refractivity contribution >= 4 is 11.8 Å². The third-order valence-electron chi connectivity index (χ3n) is 6.97. The fraction of sp³-hybridized carbons (Fsp3) is 0.417. The number of hydrogen-bond donors (Lipinski definition) is 2. The molecule has 2 atom stereocenters. The predicted molar refractivity (Wildman–Crippen MR) is 110 cm³/mol. The minimum atomic E-state index is -0.304. The Labute approximate surface area is 175 Å². The van der Waals surface area contributed by atoms with Gasteiger partial charge in [-0.3, -0.25) is 14.6 Å². The van der Waals surface area contributed by atoms with Gasteiger partial charge in [-0.1, -0.05) is 12.1 Å². The third-order valence-corrected chi connectivity index (χ3v) is 6.97. The summed E-state index contributed by atoms with van der Waals surface area (Å²) in [6.45, 7) is 0. The number of aromatic nitrogens is 1. The monoisotopic (exact) mass is 400 g/mol. The smallest absolute Gasteiger partial charge is 0.270 e. The van der Waals surface area contributed by atoms with Crippen molar-refractivity contribution in [2.75, 3.05) is 0 Å². The molecule has 1 heterocycles. The summed E-state index contributed by atoms with van der Waals surface area (Å²) in [5.41, 5.74) is 0.824. The van der Waals surface area contributed by atoms with Crippen molar-refractivity contribution in [1.82, 2.24) is 15.6 Å². The molecule has 6 heteroatoms. The molecule has 4 saturated carbocycles. The number of amides is 2. The van der Waals surface area contributed by atoms with Crippen molar-refractivity contribution in [2.24, 2.45) is 11.8 Å². The molecule has 1 aromatic heterocycles. The summed E-state index contributed by atoms with van der Waals surface area (Å²) in [5.74, 6) is 0.725. The Morgan fingerprint density at radius 1 is 0.967 bits per heavy atom. The second-order valence-electron chi connectivity index (χ2n) is 9.34. The van der Waals surface area contributed by atoms with Crippen molar-refractivity contribution in [1.29, 1.82) is 5.26 Å². The standard InChI is InChI=1S/C24H24N4O2/c25-14-16-4-3-5-19(9-16)21(29)27-23-10-17-8-18(11-23)13-24(12-17,15-23)28-22(30)20-6-1-2-7-26-20/h1-7,9,17-18H,8,10-13,15H2,(H,27,29)(H,28,30). The van der Waals surface area contributed by atoms with Crippen LogP contribution in [-0.2, 0) is 0 Å². The van der Waals surface area contributed by atoms with Gasteiger partial charge in [0.05, 0.1) is 11.6 Å². The highest BCUT2D eigenvalue weighted by atomic mass is 16.2. The van der Waals surface area contributed by atoms with Gasteiger partial charge >= 0.3 is 0 Å². The molecule has 0 spiro atoms. The SMILES string of the molecule is N#Cc1cccc(C(=O)NC23CC4CC(C2)CC(NC(=O)c2ccccn2)(C4)C3)c1. The van der Waals surface area contributed by atoms with Gasteiger partial charge in [0.25, 0.3) is 11.8 Å². The van der Waals surface area contributed by atoms with Crippen LogP contribution in [0.2, 0.25) is 0 Å². The molecule has 0 radical (unpaired) electrons. The first-order valence-electron chi connectivity index (χ1n) is 10.5. The zero-order chi connectivity index (χ0) is 20.8. The maximum atomic E-state index is 13.0. The second-order valence-corrected chi connectivity index (χ2v) is 9.34. The molecule has 2 aromatic rings. The van der Waals surface area contributed by atoms with E-state index in [1.165, 1.54) is 6.42 Å². The van der Waals surface area contributed by atoms with E-state index >= 15 is 0 Å². The van der Waals surface area contributed by atoms with Crippen LogP contribution in [0.3, 0.4) is 0 Å². The normalized spacial score (nSPS) is 31.0. The van der Waals surface area contributed by atoms with Gasteiger partial charge in [-0.15, -0.1) is 0 Å². The highest BCUT2D eigenvalue weighted by Crippen LogP contribution is 2.57. The number of benzene rings is 1. The van der Waals surface area contributed by atoms with E-state index in [-0.39, 0.29) is 22.9 Å². The fourth-order valence-corrected chi connectivity index (χ4v) is 6.40. The minimum Gasteiger partial charge on any atom is -0.346 e. The predicted octanol–water partition coefficient (Wildman–Crippen LogP) is 3.20. The Morgan fingerprint density at radius 2 is 1.67 bits per heavy atom. The molecule has 2 N–H and O–H groups in total. The topological polar surface area (TPSA) is 94.9 Å². The van der Waals surface area contributed by atoms with Gasteiger partial charge in [0.15, 0.2) is 0 Å². The zero-order valence-electron chi connectivity index (χ0n) is 16.7. The molecule has 152 valence electrons. The fourth-order valence-electron chi connectivity index (χ4n) is 6.40. The highest BCUT2D eigenvalue weighted by molar-refractivity contribution is 5.95. The summed E-state index contributed by atoms with van der Waals surface area (Å²) in [4.78, 5) is 30.1. The van der Waals surface area contributed by atoms with Crippen molar-refractivity contribution in [3.8, 4) is 6.07 Å². The van der Waals surface area contributed by atoms with Crippen LogP contribution in [0.1, 0.15) is 64.9 Å². The second kappa shape index (κ2) is 6.94. The molecule has 0 saturated heterocycles. The number of nitrogens with zero attached hydrogens (tertiary/aromatic N) is 2. The Kier molecular flexibility index (Phi) is 4.35. The largest absolute Gasteiger partial charge is 0.346 e. The summed E-state index contributed by atoms with van der Waals surface area (Å²) in [6.07, 6.45) is 7.37. The van der Waals surface area contributed by atoms with Crippen LogP contribution in [0.25, 0.3) is 0 Å². The van der Waals surface area contributed by atoms with Crippen LogP contribution in [0, 0.1) is 23.2 Å². The molecule has 4 bridgehead atoms. The number of hydrogen-bond acceptors (Lipinski definition) is 4. The van der Waals surface area contributed by atoms with Gasteiger partial charge in [-0.05, 0) is 80.7 Å². The van der Waals surface area contributed by atoms with E-state index in [9.17, 15) is 9.59 Å². The highest BCUT2D eigenvalue weighted by Gasteiger charge is 2.58. The van der Waals surface area contributed by atoms with Gasteiger partial charge in [-0.25, -0.2) is 0 Å². The first kappa shape index (κ1) is 18.8. The lowest BCUT2D eigenvalue weighted by atomic mass is 9.49. The molecular weight excluding hydrogens is 376 g/mol. The quantitative estimate of drug-likeness (QED) is 0.824. The summed E-state index contributed by atoms with van der Waals surface area (Å²) in [6, 6.07) is 14.3. The summed E-state index contributed by atoms with van der Waals surface area (Å²) < 4.78 is 0. The Morgan fingerprint density at radius 3 is 2.30 bits per heavy atom. The van der Waals surface area contributed by atoms with E-state index in [1.54, 1.807) is 42.6 Å². The summed E-state index contributed by atoms with van der Waals surface area (Å²) >= 11 is 0. The zero-order valence-corrected chi connectivity index (χ0v) is 16.7. The molecule has 6 nitrogen and oxygen atoms in total. The number of carbonyl (C=O) groups is 2. The van der Waals surface area contributed by atoms with Crippen molar-refractivity contribution in [3.63, 3.8) is 0 Å². The van der Waals surface area contributed by atoms with E-state index < -0.39 is 0 Å². The number of rotatable bonds is 4. The molecular formula is C24H24N4O2. The van der Waals surface area contributed by atoms with Crippen LogP contribution < -0.4 is 10.6 Å². The van der Waals surface area contributed by atoms with Crippen LogP contribution in [0.15, 0.2) is 48.7 Å². The van der Waals surface area contributed by atoms with Crippen LogP contribution in [0.5, 0.6) is 0 Å². The number of nitrogens with one attached hydrogen (secondary N) is 2. The third kappa shape index (κ3) is 3.35. The molecule has 4 aliphatic rings. The van der Waals surface area contributed by atoms with Crippen molar-refractivity contribution in [2.45, 2.75) is 49.6 Å². The van der Waals surface area contributed by atoms with Crippen molar-refractivity contribution in [3.05, 3.63) is 65.5 Å².